The summed E-state index contributed by atoms with van der Waals surface area (Å²) in [7, 11) is 0. The zero-order valence-corrected chi connectivity index (χ0v) is 14.5. The molecule has 1 fully saturated rings. The van der Waals surface area contributed by atoms with Gasteiger partial charge in [0.2, 0.25) is 0 Å². The molecule has 0 radical (unpaired) electrons. The van der Waals surface area contributed by atoms with Crippen LogP contribution in [0, 0.1) is 11.3 Å². The van der Waals surface area contributed by atoms with Crippen molar-refractivity contribution in [2.45, 2.75) is 25.3 Å². The summed E-state index contributed by atoms with van der Waals surface area (Å²) in [6.07, 6.45) is 5.66. The molecule has 0 unspecified atom stereocenters. The first-order valence-electron chi connectivity index (χ1n) is 8.86. The Balaban J connectivity index is 1.35. The van der Waals surface area contributed by atoms with Gasteiger partial charge in [0.15, 0.2) is 5.82 Å². The van der Waals surface area contributed by atoms with Crippen LogP contribution >= 0.6 is 0 Å². The second kappa shape index (κ2) is 7.46. The Hall–Kier alpha value is -3.04. The normalized spacial score (nSPS) is 15.7. The Bertz CT molecular complexity index is 886. The van der Waals surface area contributed by atoms with Crippen molar-refractivity contribution in [1.82, 2.24) is 25.1 Å². The lowest BCUT2D eigenvalue weighted by molar-refractivity contribution is 0.202. The summed E-state index contributed by atoms with van der Waals surface area (Å²) in [5.74, 6) is 2.15. The number of nitrogens with zero attached hydrogens (tertiary/aromatic N) is 5. The van der Waals surface area contributed by atoms with Crippen LogP contribution in [0.3, 0.4) is 0 Å². The van der Waals surface area contributed by atoms with Gasteiger partial charge in [-0.2, -0.15) is 10.4 Å². The molecule has 6 nitrogen and oxygen atoms in total. The van der Waals surface area contributed by atoms with Crippen LogP contribution in [0.2, 0.25) is 0 Å². The number of H-pyrrole nitrogens is 1. The van der Waals surface area contributed by atoms with E-state index in [9.17, 15) is 0 Å². The Labute approximate surface area is 152 Å². The van der Waals surface area contributed by atoms with Crippen LogP contribution in [0.5, 0.6) is 0 Å². The van der Waals surface area contributed by atoms with Crippen molar-refractivity contribution < 1.29 is 0 Å². The number of pyridine rings is 1. The zero-order chi connectivity index (χ0) is 17.8. The van der Waals surface area contributed by atoms with Crippen molar-refractivity contribution in [3.8, 4) is 17.5 Å². The van der Waals surface area contributed by atoms with Crippen LogP contribution in [0.15, 0.2) is 48.8 Å². The molecule has 1 aliphatic heterocycles. The van der Waals surface area contributed by atoms with E-state index >= 15 is 0 Å². The van der Waals surface area contributed by atoms with Gasteiger partial charge in [-0.1, -0.05) is 12.1 Å². The summed E-state index contributed by atoms with van der Waals surface area (Å²) < 4.78 is 0. The number of likely N-dealkylation sites (tertiary alicyclic amines) is 1. The smallest absolute Gasteiger partial charge is 0.181 e. The summed E-state index contributed by atoms with van der Waals surface area (Å²) in [6, 6.07) is 13.9. The van der Waals surface area contributed by atoms with Crippen LogP contribution in [0.25, 0.3) is 11.4 Å². The third-order valence-corrected chi connectivity index (χ3v) is 4.90. The van der Waals surface area contributed by atoms with Crippen LogP contribution in [0.1, 0.15) is 35.7 Å². The standard InChI is InChI=1S/C20H20N6/c21-13-15-1-3-16(4-2-15)14-26-11-7-18(8-12-26)20-23-19(24-25-20)17-5-9-22-10-6-17/h1-6,9-10,18H,7-8,11-12,14H2,(H,23,24,25). The van der Waals surface area contributed by atoms with Crippen molar-refractivity contribution in [1.29, 1.82) is 5.26 Å². The highest BCUT2D eigenvalue weighted by atomic mass is 15.2. The summed E-state index contributed by atoms with van der Waals surface area (Å²) in [6.45, 7) is 3.00. The maximum Gasteiger partial charge on any atom is 0.181 e. The second-order valence-electron chi connectivity index (χ2n) is 6.64. The van der Waals surface area contributed by atoms with Crippen LogP contribution in [-0.2, 0) is 6.54 Å². The minimum atomic E-state index is 0.426. The van der Waals surface area contributed by atoms with E-state index in [2.05, 4.69) is 31.1 Å². The minimum Gasteiger partial charge on any atom is -0.299 e. The molecule has 0 atom stereocenters. The first-order valence-corrected chi connectivity index (χ1v) is 8.86. The Morgan fingerprint density at radius 2 is 1.81 bits per heavy atom. The van der Waals surface area contributed by atoms with E-state index in [0.29, 0.717) is 11.5 Å². The molecule has 1 aliphatic rings. The van der Waals surface area contributed by atoms with E-state index in [-0.39, 0.29) is 0 Å². The lowest BCUT2D eigenvalue weighted by Gasteiger charge is -2.30. The SMILES string of the molecule is N#Cc1ccc(CN2CCC(c3nc(-c4ccncc4)n[nH]3)CC2)cc1. The highest BCUT2D eigenvalue weighted by Gasteiger charge is 2.23. The van der Waals surface area contributed by atoms with E-state index in [1.54, 1.807) is 12.4 Å². The van der Waals surface area contributed by atoms with E-state index in [1.807, 2.05) is 36.4 Å². The van der Waals surface area contributed by atoms with Gasteiger partial charge in [0.25, 0.3) is 0 Å². The quantitative estimate of drug-likeness (QED) is 0.786. The predicted molar refractivity (Wildman–Crippen MR) is 98.0 cm³/mol. The fourth-order valence-electron chi connectivity index (χ4n) is 3.39. The Morgan fingerprint density at radius 3 is 2.50 bits per heavy atom. The molecule has 3 heterocycles. The van der Waals surface area contributed by atoms with Gasteiger partial charge < -0.3 is 0 Å². The van der Waals surface area contributed by atoms with Crippen molar-refractivity contribution in [2.75, 3.05) is 13.1 Å². The number of nitrogens with one attached hydrogen (secondary N) is 1. The average molecular weight is 344 g/mol. The maximum absolute atomic E-state index is 8.88. The van der Waals surface area contributed by atoms with E-state index in [1.165, 1.54) is 5.56 Å². The van der Waals surface area contributed by atoms with Crippen molar-refractivity contribution in [3.05, 3.63) is 65.7 Å². The first-order chi connectivity index (χ1) is 12.8. The fraction of sp³-hybridized carbons (Fsp3) is 0.300. The average Bonchev–Trinajstić information content (AvgIpc) is 3.20. The molecule has 130 valence electrons. The van der Waals surface area contributed by atoms with Crippen LogP contribution < -0.4 is 0 Å². The molecule has 0 bridgehead atoms. The predicted octanol–water partition coefficient (Wildman–Crippen LogP) is 3.12. The monoisotopic (exact) mass is 344 g/mol. The highest BCUT2D eigenvalue weighted by molar-refractivity contribution is 5.53. The number of aromatic amines is 1. The maximum atomic E-state index is 8.88. The van der Waals surface area contributed by atoms with Gasteiger partial charge in [-0.3, -0.25) is 15.0 Å². The van der Waals surface area contributed by atoms with Gasteiger partial charge in [-0.25, -0.2) is 4.98 Å². The molecule has 2 aromatic heterocycles. The van der Waals surface area contributed by atoms with Gasteiger partial charge in [-0.15, -0.1) is 0 Å². The fourth-order valence-corrected chi connectivity index (χ4v) is 3.39. The largest absolute Gasteiger partial charge is 0.299 e. The minimum absolute atomic E-state index is 0.426. The Morgan fingerprint density at radius 1 is 1.08 bits per heavy atom. The third-order valence-electron chi connectivity index (χ3n) is 4.90. The van der Waals surface area contributed by atoms with Gasteiger partial charge >= 0.3 is 0 Å². The number of hydrogen-bond acceptors (Lipinski definition) is 5. The first kappa shape index (κ1) is 16.4. The molecule has 0 aliphatic carbocycles. The number of benzene rings is 1. The van der Waals surface area contributed by atoms with Crippen molar-refractivity contribution in [2.24, 2.45) is 0 Å². The molecule has 1 N–H and O–H groups in total. The van der Waals surface area contributed by atoms with E-state index in [0.717, 1.165) is 49.7 Å². The van der Waals surface area contributed by atoms with Gasteiger partial charge in [0.05, 0.1) is 11.6 Å². The zero-order valence-electron chi connectivity index (χ0n) is 14.5. The molecular formula is C20H20N6. The molecule has 1 aromatic carbocycles. The van der Waals surface area contributed by atoms with Crippen LogP contribution in [-0.4, -0.2) is 38.2 Å². The van der Waals surface area contributed by atoms with Gasteiger partial charge in [-0.05, 0) is 55.8 Å². The molecule has 0 spiro atoms. The van der Waals surface area contributed by atoms with Crippen molar-refractivity contribution >= 4 is 0 Å². The lowest BCUT2D eigenvalue weighted by Crippen LogP contribution is -2.32. The summed E-state index contributed by atoms with van der Waals surface area (Å²) in [4.78, 5) is 11.2. The lowest BCUT2D eigenvalue weighted by atomic mass is 9.96. The van der Waals surface area contributed by atoms with Gasteiger partial charge in [0, 0.05) is 30.4 Å². The van der Waals surface area contributed by atoms with Crippen LogP contribution in [0.4, 0.5) is 0 Å². The molecular weight excluding hydrogens is 324 g/mol. The molecule has 0 amide bonds. The van der Waals surface area contributed by atoms with Crippen molar-refractivity contribution in [3.63, 3.8) is 0 Å². The number of nitriles is 1. The Kier molecular flexibility index (Phi) is 4.71. The molecule has 6 heteroatoms. The number of piperidine rings is 1. The van der Waals surface area contributed by atoms with E-state index < -0.39 is 0 Å². The topological polar surface area (TPSA) is 81.5 Å². The summed E-state index contributed by atoms with van der Waals surface area (Å²) >= 11 is 0. The highest BCUT2D eigenvalue weighted by Crippen LogP contribution is 2.27. The number of rotatable bonds is 4. The summed E-state index contributed by atoms with van der Waals surface area (Å²) in [5, 5.41) is 16.4. The van der Waals surface area contributed by atoms with E-state index in [4.69, 9.17) is 5.26 Å². The van der Waals surface area contributed by atoms with Gasteiger partial charge in [0.1, 0.15) is 5.82 Å². The number of hydrogen-bond donors (Lipinski definition) is 1. The molecule has 26 heavy (non-hydrogen) atoms. The molecule has 0 saturated carbocycles. The molecule has 4 rings (SSSR count). The molecule has 3 aromatic rings. The number of aromatic nitrogens is 4. The molecule has 1 saturated heterocycles. The second-order valence-corrected chi connectivity index (χ2v) is 6.64. The summed E-state index contributed by atoms with van der Waals surface area (Å²) in [5.41, 5.74) is 2.95. The third kappa shape index (κ3) is 3.63.